The minimum atomic E-state index is -0.940. The van der Waals surface area contributed by atoms with Gasteiger partial charge in [-0.3, -0.25) is 4.79 Å². The van der Waals surface area contributed by atoms with Crippen molar-refractivity contribution in [1.29, 1.82) is 5.26 Å². The number of nitrogens with one attached hydrogen (secondary N) is 1. The van der Waals surface area contributed by atoms with Crippen molar-refractivity contribution in [3.8, 4) is 6.07 Å². The minimum Gasteiger partial charge on any atom is -0.314 e. The Morgan fingerprint density at radius 3 is 2.73 bits per heavy atom. The van der Waals surface area contributed by atoms with E-state index in [4.69, 9.17) is 5.26 Å². The van der Waals surface area contributed by atoms with Crippen LogP contribution in [0.5, 0.6) is 0 Å². The van der Waals surface area contributed by atoms with Gasteiger partial charge in [0.25, 0.3) is 0 Å². The number of nitriles is 1. The van der Waals surface area contributed by atoms with Gasteiger partial charge in [-0.05, 0) is 12.8 Å². The fourth-order valence-electron chi connectivity index (χ4n) is 1.23. The molecule has 80 valence electrons. The van der Waals surface area contributed by atoms with Crippen LogP contribution in [0.1, 0.15) is 26.7 Å². The van der Waals surface area contributed by atoms with Crippen LogP contribution in [0.2, 0.25) is 0 Å². The monoisotopic (exact) mass is 224 g/mol. The average molecular weight is 224 g/mol. The van der Waals surface area contributed by atoms with E-state index in [1.807, 2.05) is 13.8 Å². The molecule has 1 amide bonds. The lowest BCUT2D eigenvalue weighted by molar-refractivity contribution is -0.123. The first-order valence-electron chi connectivity index (χ1n) is 4.68. The maximum absolute atomic E-state index is 11.8. The highest BCUT2D eigenvalue weighted by Gasteiger charge is 2.35. The van der Waals surface area contributed by atoms with Crippen LogP contribution in [0.3, 0.4) is 0 Å². The van der Waals surface area contributed by atoms with Crippen molar-refractivity contribution in [2.75, 3.05) is 5.32 Å². The molecule has 0 aromatic carbocycles. The van der Waals surface area contributed by atoms with Crippen molar-refractivity contribution in [2.24, 2.45) is 5.41 Å². The first kappa shape index (κ1) is 11.6. The predicted molar refractivity (Wildman–Crippen MR) is 57.2 cm³/mol. The lowest BCUT2D eigenvalue weighted by Gasteiger charge is -2.21. The Bertz CT molecular complexity index is 364. The van der Waals surface area contributed by atoms with Gasteiger partial charge in [-0.2, -0.15) is 5.26 Å². The Kier molecular flexibility index (Phi) is 3.74. The Morgan fingerprint density at radius 2 is 2.33 bits per heavy atom. The molecule has 5 nitrogen and oxygen atoms in total. The van der Waals surface area contributed by atoms with Crippen molar-refractivity contribution < 1.29 is 4.79 Å². The maximum Gasteiger partial charge on any atom is 0.245 e. The highest BCUT2D eigenvalue weighted by Crippen LogP contribution is 2.27. The van der Waals surface area contributed by atoms with Crippen LogP contribution in [-0.4, -0.2) is 15.5 Å². The molecule has 1 aromatic heterocycles. The Labute approximate surface area is 92.3 Å². The van der Waals surface area contributed by atoms with Gasteiger partial charge >= 0.3 is 0 Å². The van der Waals surface area contributed by atoms with Crippen molar-refractivity contribution in [3.63, 3.8) is 0 Å². The van der Waals surface area contributed by atoms with Crippen LogP contribution in [0.4, 0.5) is 5.00 Å². The summed E-state index contributed by atoms with van der Waals surface area (Å²) in [5, 5.41) is 15.9. The number of carbonyl (C=O) groups is 1. The van der Waals surface area contributed by atoms with Gasteiger partial charge in [-0.25, -0.2) is 0 Å². The van der Waals surface area contributed by atoms with E-state index >= 15 is 0 Å². The Morgan fingerprint density at radius 1 is 1.67 bits per heavy atom. The molecular weight excluding hydrogens is 212 g/mol. The molecular formula is C9H12N4OS. The molecule has 1 aromatic rings. The number of hydrogen-bond donors (Lipinski definition) is 1. The third kappa shape index (κ3) is 2.30. The zero-order valence-electron chi connectivity index (χ0n) is 8.65. The summed E-state index contributed by atoms with van der Waals surface area (Å²) in [6.07, 6.45) is 2.46. The van der Waals surface area contributed by atoms with Gasteiger partial charge in [0.1, 0.15) is 10.4 Å². The number of rotatable bonds is 4. The van der Waals surface area contributed by atoms with Crippen LogP contribution in [0, 0.1) is 16.7 Å². The third-order valence-electron chi connectivity index (χ3n) is 2.45. The SMILES string of the molecule is CCC(C#N)(CC)C(=O)Nc1cnns1. The lowest BCUT2D eigenvalue weighted by Crippen LogP contribution is -2.33. The fraction of sp³-hybridized carbons (Fsp3) is 0.556. The average Bonchev–Trinajstić information content (AvgIpc) is 2.74. The molecule has 0 saturated heterocycles. The van der Waals surface area contributed by atoms with Crippen LogP contribution in [0.25, 0.3) is 0 Å². The molecule has 15 heavy (non-hydrogen) atoms. The largest absolute Gasteiger partial charge is 0.314 e. The van der Waals surface area contributed by atoms with Crippen molar-refractivity contribution >= 4 is 22.4 Å². The smallest absolute Gasteiger partial charge is 0.245 e. The van der Waals surface area contributed by atoms with E-state index in [-0.39, 0.29) is 5.91 Å². The summed E-state index contributed by atoms with van der Waals surface area (Å²) in [6.45, 7) is 3.66. The fourth-order valence-corrected chi connectivity index (χ4v) is 1.65. The summed E-state index contributed by atoms with van der Waals surface area (Å²) < 4.78 is 3.63. The molecule has 0 fully saturated rings. The summed E-state index contributed by atoms with van der Waals surface area (Å²) in [4.78, 5) is 11.8. The normalized spacial score (nSPS) is 10.7. The van der Waals surface area contributed by atoms with E-state index < -0.39 is 5.41 Å². The first-order valence-corrected chi connectivity index (χ1v) is 5.46. The quantitative estimate of drug-likeness (QED) is 0.845. The number of amides is 1. The molecule has 0 atom stereocenters. The number of carbonyl (C=O) groups excluding carboxylic acids is 1. The van der Waals surface area contributed by atoms with Gasteiger partial charge in [0.2, 0.25) is 5.91 Å². The maximum atomic E-state index is 11.8. The van der Waals surface area contributed by atoms with Crippen LogP contribution in [-0.2, 0) is 4.79 Å². The van der Waals surface area contributed by atoms with Gasteiger partial charge in [0.05, 0.1) is 12.3 Å². The van der Waals surface area contributed by atoms with Crippen LogP contribution in [0.15, 0.2) is 6.20 Å². The highest BCUT2D eigenvalue weighted by atomic mass is 32.1. The van der Waals surface area contributed by atoms with Gasteiger partial charge in [0.15, 0.2) is 0 Å². The van der Waals surface area contributed by atoms with E-state index in [9.17, 15) is 4.79 Å². The second-order valence-electron chi connectivity index (χ2n) is 3.14. The third-order valence-corrected chi connectivity index (χ3v) is 3.03. The van der Waals surface area contributed by atoms with E-state index in [0.717, 1.165) is 11.5 Å². The molecule has 0 radical (unpaired) electrons. The molecule has 0 unspecified atom stereocenters. The number of aromatic nitrogens is 2. The molecule has 6 heteroatoms. The molecule has 0 bridgehead atoms. The molecule has 1 heterocycles. The topological polar surface area (TPSA) is 78.7 Å². The summed E-state index contributed by atoms with van der Waals surface area (Å²) >= 11 is 1.10. The van der Waals surface area contributed by atoms with Gasteiger partial charge in [0, 0.05) is 11.5 Å². The molecule has 0 spiro atoms. The second-order valence-corrected chi connectivity index (χ2v) is 3.92. The molecule has 0 aliphatic carbocycles. The molecule has 0 saturated carbocycles. The molecule has 1 rings (SSSR count). The Hall–Kier alpha value is -1.48. The van der Waals surface area contributed by atoms with E-state index in [1.54, 1.807) is 0 Å². The number of nitrogens with zero attached hydrogens (tertiary/aromatic N) is 3. The van der Waals surface area contributed by atoms with Crippen LogP contribution >= 0.6 is 11.5 Å². The number of hydrogen-bond acceptors (Lipinski definition) is 5. The highest BCUT2D eigenvalue weighted by molar-refractivity contribution is 7.10. The summed E-state index contributed by atoms with van der Waals surface area (Å²) in [5.74, 6) is -0.277. The minimum absolute atomic E-state index is 0.277. The first-order chi connectivity index (χ1) is 7.18. The van der Waals surface area contributed by atoms with E-state index in [1.165, 1.54) is 6.20 Å². The molecule has 0 aliphatic heterocycles. The van der Waals surface area contributed by atoms with Gasteiger partial charge < -0.3 is 5.32 Å². The zero-order chi connectivity index (χ0) is 11.3. The summed E-state index contributed by atoms with van der Waals surface area (Å²) in [5.41, 5.74) is -0.940. The summed E-state index contributed by atoms with van der Waals surface area (Å²) in [6, 6.07) is 2.08. The van der Waals surface area contributed by atoms with Crippen LogP contribution < -0.4 is 5.32 Å². The lowest BCUT2D eigenvalue weighted by atomic mass is 9.83. The number of anilines is 1. The molecule has 0 aliphatic rings. The van der Waals surface area contributed by atoms with Gasteiger partial charge in [-0.15, -0.1) is 5.10 Å². The molecule has 1 N–H and O–H groups in total. The van der Waals surface area contributed by atoms with Gasteiger partial charge in [-0.1, -0.05) is 18.3 Å². The Balaban J connectivity index is 2.79. The van der Waals surface area contributed by atoms with Crippen molar-refractivity contribution in [3.05, 3.63) is 6.20 Å². The van der Waals surface area contributed by atoms with Crippen molar-refractivity contribution in [1.82, 2.24) is 9.59 Å². The predicted octanol–water partition coefficient (Wildman–Crippen LogP) is 1.81. The van der Waals surface area contributed by atoms with Crippen molar-refractivity contribution in [2.45, 2.75) is 26.7 Å². The van der Waals surface area contributed by atoms with E-state index in [2.05, 4.69) is 21.0 Å². The van der Waals surface area contributed by atoms with E-state index in [0.29, 0.717) is 17.8 Å². The standard InChI is InChI=1S/C9H12N4OS/c1-3-9(4-2,6-10)8(14)12-7-5-11-13-15-7/h5H,3-4H2,1-2H3,(H,12,14). The summed E-state index contributed by atoms with van der Waals surface area (Å²) in [7, 11) is 0. The second kappa shape index (κ2) is 4.84. The zero-order valence-corrected chi connectivity index (χ0v) is 9.47.